The molecule has 7 heteroatoms. The van der Waals surface area contributed by atoms with Gasteiger partial charge in [0.1, 0.15) is 5.71 Å². The second kappa shape index (κ2) is 7.25. The Labute approximate surface area is 139 Å². The van der Waals surface area contributed by atoms with E-state index in [-0.39, 0.29) is 18.3 Å². The third-order valence-corrected chi connectivity index (χ3v) is 4.26. The molecule has 1 fully saturated rings. The van der Waals surface area contributed by atoms with Crippen molar-refractivity contribution < 1.29 is 14.7 Å². The number of H-pyrrole nitrogens is 1. The average molecular weight is 331 g/mol. The molecule has 0 aliphatic heterocycles. The Balaban J connectivity index is 1.86. The first-order chi connectivity index (χ1) is 11.7. The van der Waals surface area contributed by atoms with Crippen molar-refractivity contribution in [3.05, 3.63) is 46.6 Å². The summed E-state index contributed by atoms with van der Waals surface area (Å²) in [6.07, 6.45) is 7.75. The van der Waals surface area contributed by atoms with Crippen molar-refractivity contribution in [2.45, 2.75) is 38.3 Å². The summed E-state index contributed by atoms with van der Waals surface area (Å²) in [7, 11) is 1.59. The molecule has 0 radical (unpaired) electrons. The number of imidazole rings is 1. The highest BCUT2D eigenvalue weighted by Crippen LogP contribution is 2.32. The summed E-state index contributed by atoms with van der Waals surface area (Å²) in [5, 5.41) is 12.7. The lowest BCUT2D eigenvalue weighted by Crippen LogP contribution is -2.22. The third kappa shape index (κ3) is 3.45. The number of methoxy groups -OCH3 is 1. The largest absolute Gasteiger partial charge is 0.493 e. The van der Waals surface area contributed by atoms with Crippen LogP contribution in [-0.2, 0) is 6.54 Å². The monoisotopic (exact) mass is 331 g/mol. The standard InChI is InChI=1S/C17H21N3O4/c1-23-15-7-6-12(10-16(15)24-13-4-2-3-5-13)14(19-22)11-20-9-8-18-17(20)21/h6-10,13,22H,2-5,11H2,1H3,(H,18,21). The van der Waals surface area contributed by atoms with E-state index in [0.717, 1.165) is 12.8 Å². The van der Waals surface area contributed by atoms with Crippen LogP contribution in [0.3, 0.4) is 0 Å². The lowest BCUT2D eigenvalue weighted by molar-refractivity contribution is 0.200. The summed E-state index contributed by atoms with van der Waals surface area (Å²) >= 11 is 0. The molecule has 7 nitrogen and oxygen atoms in total. The summed E-state index contributed by atoms with van der Waals surface area (Å²) in [4.78, 5) is 14.2. The van der Waals surface area contributed by atoms with Crippen molar-refractivity contribution in [1.82, 2.24) is 9.55 Å². The molecule has 0 saturated heterocycles. The maximum Gasteiger partial charge on any atom is 0.325 e. The smallest absolute Gasteiger partial charge is 0.325 e. The molecule has 128 valence electrons. The molecule has 1 aromatic carbocycles. The van der Waals surface area contributed by atoms with E-state index >= 15 is 0 Å². The van der Waals surface area contributed by atoms with E-state index in [2.05, 4.69) is 10.1 Å². The van der Waals surface area contributed by atoms with E-state index in [1.54, 1.807) is 37.7 Å². The first-order valence-electron chi connectivity index (χ1n) is 8.01. The first-order valence-corrected chi connectivity index (χ1v) is 8.01. The Morgan fingerprint density at radius 3 is 2.79 bits per heavy atom. The van der Waals surface area contributed by atoms with Gasteiger partial charge >= 0.3 is 5.69 Å². The van der Waals surface area contributed by atoms with E-state index in [1.165, 1.54) is 17.4 Å². The molecule has 2 aromatic rings. The van der Waals surface area contributed by atoms with Crippen LogP contribution < -0.4 is 15.2 Å². The minimum atomic E-state index is -0.257. The number of nitrogens with zero attached hydrogens (tertiary/aromatic N) is 2. The molecule has 0 bridgehead atoms. The Morgan fingerprint density at radius 2 is 2.17 bits per heavy atom. The number of ether oxygens (including phenoxy) is 2. The zero-order valence-electron chi connectivity index (χ0n) is 13.6. The molecule has 0 unspecified atom stereocenters. The summed E-state index contributed by atoms with van der Waals surface area (Å²) in [6.45, 7) is 0.161. The van der Waals surface area contributed by atoms with E-state index in [1.807, 2.05) is 0 Å². The number of nitrogens with one attached hydrogen (secondary N) is 1. The number of benzene rings is 1. The van der Waals surface area contributed by atoms with Gasteiger partial charge in [-0.25, -0.2) is 4.79 Å². The molecule has 1 aromatic heterocycles. The number of oxime groups is 1. The molecule has 24 heavy (non-hydrogen) atoms. The van der Waals surface area contributed by atoms with Crippen molar-refractivity contribution in [2.24, 2.45) is 5.16 Å². The highest BCUT2D eigenvalue weighted by atomic mass is 16.5. The first kappa shape index (κ1) is 16.2. The third-order valence-electron chi connectivity index (χ3n) is 4.26. The van der Waals surface area contributed by atoms with Gasteiger partial charge in [0.05, 0.1) is 19.8 Å². The number of hydrogen-bond donors (Lipinski definition) is 2. The SMILES string of the molecule is COc1ccc(C(Cn2cc[nH]c2=O)=NO)cc1OC1CCCC1. The lowest BCUT2D eigenvalue weighted by atomic mass is 10.1. The van der Waals surface area contributed by atoms with Crippen molar-refractivity contribution in [1.29, 1.82) is 0 Å². The van der Waals surface area contributed by atoms with Crippen LogP contribution in [0, 0.1) is 0 Å². The Bertz CT molecular complexity index is 772. The van der Waals surface area contributed by atoms with Crippen LogP contribution in [0.25, 0.3) is 0 Å². The van der Waals surface area contributed by atoms with Gasteiger partial charge in [0.2, 0.25) is 0 Å². The maximum atomic E-state index is 11.6. The molecular formula is C17H21N3O4. The van der Waals surface area contributed by atoms with E-state index in [0.29, 0.717) is 22.8 Å². The Hall–Kier alpha value is -2.70. The molecule has 1 aliphatic rings. The average Bonchev–Trinajstić information content (AvgIpc) is 3.24. The summed E-state index contributed by atoms with van der Waals surface area (Å²) in [5.74, 6) is 1.27. The molecule has 0 spiro atoms. The molecule has 1 heterocycles. The lowest BCUT2D eigenvalue weighted by Gasteiger charge is -2.17. The van der Waals surface area contributed by atoms with E-state index in [9.17, 15) is 10.0 Å². The van der Waals surface area contributed by atoms with Crippen molar-refractivity contribution in [3.8, 4) is 11.5 Å². The van der Waals surface area contributed by atoms with Crippen LogP contribution in [0.2, 0.25) is 0 Å². The molecule has 0 atom stereocenters. The fourth-order valence-corrected chi connectivity index (χ4v) is 2.95. The Morgan fingerprint density at radius 1 is 1.38 bits per heavy atom. The van der Waals surface area contributed by atoms with Gasteiger partial charge in [0.15, 0.2) is 11.5 Å². The van der Waals surface area contributed by atoms with Crippen LogP contribution in [0.4, 0.5) is 0 Å². The van der Waals surface area contributed by atoms with Crippen LogP contribution in [-0.4, -0.2) is 33.7 Å². The molecule has 2 N–H and O–H groups in total. The van der Waals surface area contributed by atoms with Crippen LogP contribution in [0.15, 0.2) is 40.5 Å². The number of aromatic amines is 1. The number of aromatic nitrogens is 2. The van der Waals surface area contributed by atoms with Gasteiger partial charge in [0.25, 0.3) is 0 Å². The number of hydrogen-bond acceptors (Lipinski definition) is 5. The van der Waals surface area contributed by atoms with Gasteiger partial charge in [-0.2, -0.15) is 0 Å². The topological polar surface area (TPSA) is 88.8 Å². The summed E-state index contributed by atoms with van der Waals surface area (Å²) in [6, 6.07) is 5.36. The quantitative estimate of drug-likeness (QED) is 0.483. The fourth-order valence-electron chi connectivity index (χ4n) is 2.95. The highest BCUT2D eigenvalue weighted by molar-refractivity contribution is 6.00. The normalized spacial score (nSPS) is 15.6. The second-order valence-corrected chi connectivity index (χ2v) is 5.83. The van der Waals surface area contributed by atoms with Gasteiger partial charge in [-0.15, -0.1) is 0 Å². The zero-order valence-corrected chi connectivity index (χ0v) is 13.6. The minimum Gasteiger partial charge on any atom is -0.493 e. The second-order valence-electron chi connectivity index (χ2n) is 5.83. The molecule has 1 saturated carbocycles. The van der Waals surface area contributed by atoms with Crippen LogP contribution in [0.1, 0.15) is 31.2 Å². The molecular weight excluding hydrogens is 310 g/mol. The molecule has 3 rings (SSSR count). The van der Waals surface area contributed by atoms with Crippen molar-refractivity contribution in [3.63, 3.8) is 0 Å². The van der Waals surface area contributed by atoms with Gasteiger partial charge in [-0.1, -0.05) is 5.16 Å². The number of rotatable bonds is 6. The van der Waals surface area contributed by atoms with Crippen molar-refractivity contribution >= 4 is 5.71 Å². The maximum absolute atomic E-state index is 11.6. The van der Waals surface area contributed by atoms with Crippen LogP contribution in [0.5, 0.6) is 11.5 Å². The van der Waals surface area contributed by atoms with Gasteiger partial charge < -0.3 is 19.7 Å². The Kier molecular flexibility index (Phi) is 4.88. The summed E-state index contributed by atoms with van der Waals surface area (Å²) < 4.78 is 12.8. The minimum absolute atomic E-state index is 0.161. The predicted molar refractivity (Wildman–Crippen MR) is 89.3 cm³/mol. The predicted octanol–water partition coefficient (Wildman–Crippen LogP) is 2.38. The highest BCUT2D eigenvalue weighted by Gasteiger charge is 2.19. The zero-order chi connectivity index (χ0) is 16.9. The molecule has 1 aliphatic carbocycles. The summed E-state index contributed by atoms with van der Waals surface area (Å²) in [5.41, 5.74) is 0.794. The molecule has 0 amide bonds. The van der Waals surface area contributed by atoms with Crippen LogP contribution >= 0.6 is 0 Å². The van der Waals surface area contributed by atoms with Gasteiger partial charge in [-0.3, -0.25) is 4.57 Å². The van der Waals surface area contributed by atoms with Gasteiger partial charge in [-0.05, 0) is 43.9 Å². The van der Waals surface area contributed by atoms with Gasteiger partial charge in [0, 0.05) is 18.0 Å². The van der Waals surface area contributed by atoms with Crippen molar-refractivity contribution in [2.75, 3.05) is 7.11 Å². The van der Waals surface area contributed by atoms with E-state index < -0.39 is 0 Å². The fraction of sp³-hybridized carbons (Fsp3) is 0.412. The van der Waals surface area contributed by atoms with E-state index in [4.69, 9.17) is 9.47 Å².